The summed E-state index contributed by atoms with van der Waals surface area (Å²) in [6.45, 7) is 6.69. The molecule has 136 valence electrons. The highest BCUT2D eigenvalue weighted by Gasteiger charge is 2.25. The van der Waals surface area contributed by atoms with Crippen molar-refractivity contribution in [1.29, 1.82) is 0 Å². The van der Waals surface area contributed by atoms with Crippen LogP contribution in [0, 0.1) is 13.8 Å². The van der Waals surface area contributed by atoms with Crippen molar-refractivity contribution >= 4 is 11.9 Å². The van der Waals surface area contributed by atoms with E-state index in [0.29, 0.717) is 32.7 Å². The Morgan fingerprint density at radius 3 is 2.27 bits per heavy atom. The van der Waals surface area contributed by atoms with Gasteiger partial charge < -0.3 is 15.1 Å². The number of piperazine rings is 1. The predicted octanol–water partition coefficient (Wildman–Crippen LogP) is 2.97. The highest BCUT2D eigenvalue weighted by molar-refractivity contribution is 5.96. The summed E-state index contributed by atoms with van der Waals surface area (Å²) in [6.07, 6.45) is 0. The Morgan fingerprint density at radius 2 is 1.58 bits per heavy atom. The summed E-state index contributed by atoms with van der Waals surface area (Å²) < 4.78 is 0. The molecular weight excluding hydrogens is 326 g/mol. The van der Waals surface area contributed by atoms with Crippen molar-refractivity contribution in [3.05, 3.63) is 70.8 Å². The maximum atomic E-state index is 12.8. The van der Waals surface area contributed by atoms with Gasteiger partial charge in [0.1, 0.15) is 0 Å². The molecule has 1 N–H and O–H groups in total. The van der Waals surface area contributed by atoms with Crippen LogP contribution in [0.5, 0.6) is 0 Å². The van der Waals surface area contributed by atoms with Crippen molar-refractivity contribution in [2.75, 3.05) is 26.2 Å². The fourth-order valence-corrected chi connectivity index (χ4v) is 3.13. The number of hydrogen-bond donors (Lipinski definition) is 1. The van der Waals surface area contributed by atoms with Gasteiger partial charge in [-0.3, -0.25) is 4.79 Å². The van der Waals surface area contributed by atoms with Crippen LogP contribution in [0.1, 0.15) is 27.0 Å². The van der Waals surface area contributed by atoms with Crippen LogP contribution in [0.2, 0.25) is 0 Å². The van der Waals surface area contributed by atoms with E-state index in [1.807, 2.05) is 67.3 Å². The first kappa shape index (κ1) is 18.0. The third-order valence-electron chi connectivity index (χ3n) is 4.76. The number of carbonyl (C=O) groups is 2. The van der Waals surface area contributed by atoms with Crippen LogP contribution in [0.3, 0.4) is 0 Å². The molecule has 0 unspecified atom stereocenters. The Morgan fingerprint density at radius 1 is 0.923 bits per heavy atom. The summed E-state index contributed by atoms with van der Waals surface area (Å²) in [5, 5.41) is 2.94. The number of carbonyl (C=O) groups excluding carboxylic acids is 2. The van der Waals surface area contributed by atoms with Crippen molar-refractivity contribution in [3.63, 3.8) is 0 Å². The third-order valence-corrected chi connectivity index (χ3v) is 4.76. The maximum Gasteiger partial charge on any atom is 0.317 e. The fraction of sp³-hybridized carbons (Fsp3) is 0.333. The summed E-state index contributed by atoms with van der Waals surface area (Å²) in [5.74, 6) is 0.0514. The van der Waals surface area contributed by atoms with Crippen LogP contribution in [-0.2, 0) is 6.54 Å². The Balaban J connectivity index is 1.53. The monoisotopic (exact) mass is 351 g/mol. The molecular formula is C21H25N3O2. The van der Waals surface area contributed by atoms with Gasteiger partial charge in [0.25, 0.3) is 5.91 Å². The smallest absolute Gasteiger partial charge is 0.317 e. The molecule has 26 heavy (non-hydrogen) atoms. The van der Waals surface area contributed by atoms with Gasteiger partial charge in [-0.15, -0.1) is 0 Å². The number of amides is 3. The Kier molecular flexibility index (Phi) is 5.56. The van der Waals surface area contributed by atoms with E-state index in [1.54, 1.807) is 4.90 Å². The molecule has 1 aliphatic rings. The summed E-state index contributed by atoms with van der Waals surface area (Å²) in [6, 6.07) is 15.7. The van der Waals surface area contributed by atoms with Gasteiger partial charge >= 0.3 is 6.03 Å². The quantitative estimate of drug-likeness (QED) is 0.924. The number of rotatable bonds is 3. The van der Waals surface area contributed by atoms with Crippen LogP contribution in [0.4, 0.5) is 4.79 Å². The number of benzene rings is 2. The molecule has 2 aromatic carbocycles. The van der Waals surface area contributed by atoms with Crippen LogP contribution < -0.4 is 5.32 Å². The molecule has 0 radical (unpaired) electrons. The molecule has 3 rings (SSSR count). The minimum Gasteiger partial charge on any atom is -0.335 e. The standard InChI is InChI=1S/C21H25N3O2/c1-16-8-9-17(2)19(14-16)20(25)23-10-12-24(13-11-23)21(26)22-15-18-6-4-3-5-7-18/h3-9,14H,10-13,15H2,1-2H3,(H,22,26). The van der Waals surface area contributed by atoms with Gasteiger partial charge in [0, 0.05) is 38.3 Å². The average Bonchev–Trinajstić information content (AvgIpc) is 2.68. The van der Waals surface area contributed by atoms with Crippen LogP contribution in [-0.4, -0.2) is 47.9 Å². The Bertz CT molecular complexity index is 781. The van der Waals surface area contributed by atoms with E-state index in [2.05, 4.69) is 5.32 Å². The van der Waals surface area contributed by atoms with Crippen molar-refractivity contribution in [2.24, 2.45) is 0 Å². The van der Waals surface area contributed by atoms with E-state index in [1.165, 1.54) is 0 Å². The zero-order chi connectivity index (χ0) is 18.5. The summed E-state index contributed by atoms with van der Waals surface area (Å²) in [7, 11) is 0. The van der Waals surface area contributed by atoms with Crippen LogP contribution in [0.15, 0.2) is 48.5 Å². The number of nitrogens with zero attached hydrogens (tertiary/aromatic N) is 2. The van der Waals surface area contributed by atoms with Gasteiger partial charge in [0.2, 0.25) is 0 Å². The first-order valence-corrected chi connectivity index (χ1v) is 8.98. The number of hydrogen-bond acceptors (Lipinski definition) is 2. The second-order valence-corrected chi connectivity index (χ2v) is 6.74. The molecule has 0 spiro atoms. The van der Waals surface area contributed by atoms with Gasteiger partial charge in [-0.2, -0.15) is 0 Å². The van der Waals surface area contributed by atoms with Crippen molar-refractivity contribution < 1.29 is 9.59 Å². The van der Waals surface area contributed by atoms with E-state index >= 15 is 0 Å². The second kappa shape index (κ2) is 8.04. The second-order valence-electron chi connectivity index (χ2n) is 6.74. The van der Waals surface area contributed by atoms with E-state index in [4.69, 9.17) is 0 Å². The molecule has 3 amide bonds. The van der Waals surface area contributed by atoms with Gasteiger partial charge in [0.15, 0.2) is 0 Å². The molecule has 1 fully saturated rings. The van der Waals surface area contributed by atoms with Crippen molar-refractivity contribution in [1.82, 2.24) is 15.1 Å². The molecule has 2 aromatic rings. The van der Waals surface area contributed by atoms with Crippen LogP contribution in [0.25, 0.3) is 0 Å². The molecule has 0 bridgehead atoms. The SMILES string of the molecule is Cc1ccc(C)c(C(=O)N2CCN(C(=O)NCc3ccccc3)CC2)c1. The molecule has 0 aliphatic carbocycles. The summed E-state index contributed by atoms with van der Waals surface area (Å²) >= 11 is 0. The van der Waals surface area contributed by atoms with Gasteiger partial charge in [0.05, 0.1) is 0 Å². The zero-order valence-corrected chi connectivity index (χ0v) is 15.4. The molecule has 1 saturated heterocycles. The fourth-order valence-electron chi connectivity index (χ4n) is 3.13. The predicted molar refractivity (Wildman–Crippen MR) is 102 cm³/mol. The van der Waals surface area contributed by atoms with E-state index in [-0.39, 0.29) is 11.9 Å². The zero-order valence-electron chi connectivity index (χ0n) is 15.4. The Labute approximate surface area is 154 Å². The van der Waals surface area contributed by atoms with E-state index < -0.39 is 0 Å². The molecule has 1 heterocycles. The third kappa shape index (κ3) is 4.23. The van der Waals surface area contributed by atoms with Gasteiger partial charge in [-0.1, -0.05) is 48.0 Å². The average molecular weight is 351 g/mol. The molecule has 0 aromatic heterocycles. The molecule has 1 aliphatic heterocycles. The van der Waals surface area contributed by atoms with E-state index in [0.717, 1.165) is 22.3 Å². The molecule has 5 heteroatoms. The van der Waals surface area contributed by atoms with Crippen molar-refractivity contribution in [3.8, 4) is 0 Å². The normalized spacial score (nSPS) is 14.2. The highest BCUT2D eigenvalue weighted by Crippen LogP contribution is 2.15. The van der Waals surface area contributed by atoms with E-state index in [9.17, 15) is 9.59 Å². The van der Waals surface area contributed by atoms with Gasteiger partial charge in [-0.25, -0.2) is 4.79 Å². The van der Waals surface area contributed by atoms with Crippen molar-refractivity contribution in [2.45, 2.75) is 20.4 Å². The molecule has 5 nitrogen and oxygen atoms in total. The maximum absolute atomic E-state index is 12.8. The lowest BCUT2D eigenvalue weighted by atomic mass is 10.0. The Hall–Kier alpha value is -2.82. The lowest BCUT2D eigenvalue weighted by Gasteiger charge is -2.35. The number of nitrogens with one attached hydrogen (secondary N) is 1. The molecule has 0 atom stereocenters. The number of aryl methyl sites for hydroxylation is 2. The lowest BCUT2D eigenvalue weighted by Crippen LogP contribution is -2.53. The highest BCUT2D eigenvalue weighted by atomic mass is 16.2. The van der Waals surface area contributed by atoms with Crippen LogP contribution >= 0.6 is 0 Å². The first-order valence-electron chi connectivity index (χ1n) is 8.98. The summed E-state index contributed by atoms with van der Waals surface area (Å²) in [4.78, 5) is 28.7. The van der Waals surface area contributed by atoms with Gasteiger partial charge in [-0.05, 0) is 31.0 Å². The largest absolute Gasteiger partial charge is 0.335 e. The lowest BCUT2D eigenvalue weighted by molar-refractivity contribution is 0.0664. The molecule has 0 saturated carbocycles. The topological polar surface area (TPSA) is 52.7 Å². The summed E-state index contributed by atoms with van der Waals surface area (Å²) in [5.41, 5.74) is 3.90. The minimum atomic E-state index is -0.0762. The number of urea groups is 1. The first-order chi connectivity index (χ1) is 12.5. The minimum absolute atomic E-state index is 0.0514.